The first-order valence-corrected chi connectivity index (χ1v) is 7.49. The molecule has 1 amide bonds. The lowest BCUT2D eigenvalue weighted by Crippen LogP contribution is -2.19. The number of aryl methyl sites for hydroxylation is 1. The second-order valence-corrected chi connectivity index (χ2v) is 5.34. The summed E-state index contributed by atoms with van der Waals surface area (Å²) in [5.41, 5.74) is 5.20. The number of rotatable bonds is 5. The summed E-state index contributed by atoms with van der Waals surface area (Å²) < 4.78 is 10.7. The topological polar surface area (TPSA) is 59.9 Å². The molecule has 1 N–H and O–H groups in total. The average molecular weight is 310 g/mol. The van der Waals surface area contributed by atoms with Crippen LogP contribution in [0, 0.1) is 0 Å². The van der Waals surface area contributed by atoms with Crippen LogP contribution in [0.25, 0.3) is 0 Å². The fourth-order valence-corrected chi connectivity index (χ4v) is 2.28. The maximum atomic E-state index is 11.9. The van der Waals surface area contributed by atoms with Gasteiger partial charge in [-0.15, -0.1) is 0 Å². The molecule has 0 fully saturated rings. The molecule has 118 valence electrons. The summed E-state index contributed by atoms with van der Waals surface area (Å²) in [5.74, 6) is 1.37. The van der Waals surface area contributed by atoms with E-state index in [1.807, 2.05) is 43.3 Å². The van der Waals surface area contributed by atoms with Gasteiger partial charge in [0.1, 0.15) is 0 Å². The molecule has 3 rings (SSSR count). The van der Waals surface area contributed by atoms with Crippen LogP contribution in [0.4, 0.5) is 0 Å². The van der Waals surface area contributed by atoms with E-state index in [2.05, 4.69) is 10.5 Å². The molecule has 1 aliphatic heterocycles. The lowest BCUT2D eigenvalue weighted by atomic mass is 10.1. The van der Waals surface area contributed by atoms with Gasteiger partial charge in [-0.3, -0.25) is 4.79 Å². The third-order valence-corrected chi connectivity index (χ3v) is 3.60. The SMILES string of the molecule is C/C(CCc1ccc2c(c1)OCO2)=N/NC(=O)c1ccccc1. The number of hydrazone groups is 1. The van der Waals surface area contributed by atoms with Crippen molar-refractivity contribution >= 4 is 11.6 Å². The highest BCUT2D eigenvalue weighted by atomic mass is 16.7. The van der Waals surface area contributed by atoms with Gasteiger partial charge in [-0.2, -0.15) is 5.10 Å². The van der Waals surface area contributed by atoms with Crippen LogP contribution in [-0.2, 0) is 6.42 Å². The molecule has 0 aliphatic carbocycles. The third-order valence-electron chi connectivity index (χ3n) is 3.60. The van der Waals surface area contributed by atoms with Crippen LogP contribution in [0.15, 0.2) is 53.6 Å². The molecular formula is C18H18N2O3. The van der Waals surface area contributed by atoms with E-state index in [1.54, 1.807) is 12.1 Å². The van der Waals surface area contributed by atoms with Gasteiger partial charge in [-0.05, 0) is 49.6 Å². The van der Waals surface area contributed by atoms with Gasteiger partial charge in [0.2, 0.25) is 6.79 Å². The second-order valence-electron chi connectivity index (χ2n) is 5.34. The van der Waals surface area contributed by atoms with Crippen LogP contribution in [0.5, 0.6) is 11.5 Å². The number of hydrogen-bond donors (Lipinski definition) is 1. The van der Waals surface area contributed by atoms with Crippen molar-refractivity contribution in [2.24, 2.45) is 5.10 Å². The molecule has 0 spiro atoms. The van der Waals surface area contributed by atoms with Crippen LogP contribution in [0.3, 0.4) is 0 Å². The van der Waals surface area contributed by atoms with Gasteiger partial charge in [0, 0.05) is 11.3 Å². The van der Waals surface area contributed by atoms with Crippen LogP contribution in [0.2, 0.25) is 0 Å². The molecule has 0 unspecified atom stereocenters. The van der Waals surface area contributed by atoms with Gasteiger partial charge in [0.05, 0.1) is 0 Å². The Bertz CT molecular complexity index is 726. The van der Waals surface area contributed by atoms with Gasteiger partial charge in [-0.25, -0.2) is 5.43 Å². The molecular weight excluding hydrogens is 292 g/mol. The summed E-state index contributed by atoms with van der Waals surface area (Å²) in [6.45, 7) is 2.18. The molecule has 2 aromatic rings. The van der Waals surface area contributed by atoms with E-state index in [-0.39, 0.29) is 12.7 Å². The Morgan fingerprint density at radius 3 is 2.74 bits per heavy atom. The summed E-state index contributed by atoms with van der Waals surface area (Å²) in [4.78, 5) is 11.9. The summed E-state index contributed by atoms with van der Waals surface area (Å²) >= 11 is 0. The Balaban J connectivity index is 1.53. The molecule has 0 aromatic heterocycles. The van der Waals surface area contributed by atoms with Crippen LogP contribution in [0.1, 0.15) is 29.3 Å². The summed E-state index contributed by atoms with van der Waals surface area (Å²) in [7, 11) is 0. The highest BCUT2D eigenvalue weighted by molar-refractivity contribution is 5.95. The Morgan fingerprint density at radius 1 is 1.13 bits per heavy atom. The monoisotopic (exact) mass is 310 g/mol. The molecule has 23 heavy (non-hydrogen) atoms. The lowest BCUT2D eigenvalue weighted by Gasteiger charge is -2.04. The maximum absolute atomic E-state index is 11.9. The molecule has 5 nitrogen and oxygen atoms in total. The number of carbonyl (C=O) groups excluding carboxylic acids is 1. The van der Waals surface area contributed by atoms with E-state index in [4.69, 9.17) is 9.47 Å². The Hall–Kier alpha value is -2.82. The Labute approximate surface area is 134 Å². The number of hydrogen-bond acceptors (Lipinski definition) is 4. The van der Waals surface area contributed by atoms with Crippen molar-refractivity contribution < 1.29 is 14.3 Å². The van der Waals surface area contributed by atoms with Crippen molar-refractivity contribution in [1.82, 2.24) is 5.43 Å². The number of nitrogens with zero attached hydrogens (tertiary/aromatic N) is 1. The molecule has 0 saturated carbocycles. The zero-order chi connectivity index (χ0) is 16.1. The molecule has 0 bridgehead atoms. The van der Waals surface area contributed by atoms with Gasteiger partial charge in [0.15, 0.2) is 11.5 Å². The predicted molar refractivity (Wildman–Crippen MR) is 87.9 cm³/mol. The van der Waals surface area contributed by atoms with E-state index >= 15 is 0 Å². The molecule has 1 heterocycles. The molecule has 0 saturated heterocycles. The Morgan fingerprint density at radius 2 is 1.91 bits per heavy atom. The first-order valence-electron chi connectivity index (χ1n) is 7.49. The standard InChI is InChI=1S/C18H18N2O3/c1-13(19-20-18(21)15-5-3-2-4-6-15)7-8-14-9-10-16-17(11-14)23-12-22-16/h2-6,9-11H,7-8,12H2,1H3,(H,20,21)/b19-13-. The van der Waals surface area contributed by atoms with Crippen LogP contribution in [-0.4, -0.2) is 18.4 Å². The van der Waals surface area contributed by atoms with Gasteiger partial charge >= 0.3 is 0 Å². The quantitative estimate of drug-likeness (QED) is 0.681. The largest absolute Gasteiger partial charge is 0.454 e. The maximum Gasteiger partial charge on any atom is 0.271 e. The van der Waals surface area contributed by atoms with Gasteiger partial charge < -0.3 is 9.47 Å². The Kier molecular flexibility index (Phi) is 4.57. The first kappa shape index (κ1) is 15.1. The number of ether oxygens (including phenoxy) is 2. The second kappa shape index (κ2) is 6.96. The van der Waals surface area contributed by atoms with E-state index in [0.717, 1.165) is 35.6 Å². The van der Waals surface area contributed by atoms with Crippen molar-refractivity contribution in [1.29, 1.82) is 0 Å². The lowest BCUT2D eigenvalue weighted by molar-refractivity contribution is 0.0954. The minimum absolute atomic E-state index is 0.201. The predicted octanol–water partition coefficient (Wildman–Crippen LogP) is 3.15. The van der Waals surface area contributed by atoms with Crippen LogP contribution < -0.4 is 14.9 Å². The van der Waals surface area contributed by atoms with E-state index in [9.17, 15) is 4.79 Å². The fourth-order valence-electron chi connectivity index (χ4n) is 2.28. The summed E-state index contributed by atoms with van der Waals surface area (Å²) in [6.07, 6.45) is 1.59. The van der Waals surface area contributed by atoms with Crippen LogP contribution >= 0.6 is 0 Å². The molecule has 2 aromatic carbocycles. The van der Waals surface area contributed by atoms with Crippen molar-refractivity contribution in [3.63, 3.8) is 0 Å². The zero-order valence-electron chi connectivity index (χ0n) is 12.9. The van der Waals surface area contributed by atoms with Crippen molar-refractivity contribution in [2.45, 2.75) is 19.8 Å². The van der Waals surface area contributed by atoms with Gasteiger partial charge in [-0.1, -0.05) is 24.3 Å². The van der Waals surface area contributed by atoms with E-state index < -0.39 is 0 Å². The molecule has 1 aliphatic rings. The number of fused-ring (bicyclic) bond motifs is 1. The average Bonchev–Trinajstić information content (AvgIpc) is 3.06. The number of benzene rings is 2. The van der Waals surface area contributed by atoms with Crippen molar-refractivity contribution in [3.8, 4) is 11.5 Å². The molecule has 0 radical (unpaired) electrons. The molecule has 5 heteroatoms. The fraction of sp³-hybridized carbons (Fsp3) is 0.222. The summed E-state index contributed by atoms with van der Waals surface area (Å²) in [5, 5.41) is 4.15. The van der Waals surface area contributed by atoms with Gasteiger partial charge in [0.25, 0.3) is 5.91 Å². The highest BCUT2D eigenvalue weighted by Crippen LogP contribution is 2.32. The minimum atomic E-state index is -0.201. The summed E-state index contributed by atoms with van der Waals surface area (Å²) in [6, 6.07) is 15.0. The third kappa shape index (κ3) is 3.88. The first-order chi connectivity index (χ1) is 11.2. The zero-order valence-corrected chi connectivity index (χ0v) is 12.9. The highest BCUT2D eigenvalue weighted by Gasteiger charge is 2.13. The van der Waals surface area contributed by atoms with E-state index in [1.165, 1.54) is 0 Å². The minimum Gasteiger partial charge on any atom is -0.454 e. The molecule has 0 atom stereocenters. The normalized spacial score (nSPS) is 13.0. The number of nitrogens with one attached hydrogen (secondary N) is 1. The van der Waals surface area contributed by atoms with E-state index in [0.29, 0.717) is 5.56 Å². The van der Waals surface area contributed by atoms with Crippen molar-refractivity contribution in [2.75, 3.05) is 6.79 Å². The number of carbonyl (C=O) groups is 1. The smallest absolute Gasteiger partial charge is 0.271 e. The van der Waals surface area contributed by atoms with Crippen molar-refractivity contribution in [3.05, 3.63) is 59.7 Å². The number of amides is 1.